The number of anilines is 1. The van der Waals surface area contributed by atoms with Crippen LogP contribution in [0.5, 0.6) is 0 Å². The Balaban J connectivity index is 1.20. The van der Waals surface area contributed by atoms with E-state index in [-0.39, 0.29) is 37.0 Å². The fourth-order valence-electron chi connectivity index (χ4n) is 5.92. The molecule has 10 heteroatoms. The van der Waals surface area contributed by atoms with Gasteiger partial charge in [0.05, 0.1) is 12.7 Å². The van der Waals surface area contributed by atoms with E-state index in [9.17, 15) is 19.5 Å². The van der Waals surface area contributed by atoms with Crippen LogP contribution in [-0.4, -0.2) is 70.5 Å². The van der Waals surface area contributed by atoms with Gasteiger partial charge in [-0.05, 0) is 34.9 Å². The topological polar surface area (TPSA) is 117 Å². The maximum absolute atomic E-state index is 13.9. The molecule has 10 nitrogen and oxygen atoms in total. The van der Waals surface area contributed by atoms with Gasteiger partial charge in [-0.25, -0.2) is 14.3 Å². The van der Waals surface area contributed by atoms with Gasteiger partial charge in [0.2, 0.25) is 0 Å². The normalized spacial score (nSPS) is 14.3. The second-order valence-corrected chi connectivity index (χ2v) is 10.6. The zero-order chi connectivity index (χ0) is 29.2. The number of ether oxygens (including phenoxy) is 1. The van der Waals surface area contributed by atoms with Crippen LogP contribution in [0.4, 0.5) is 10.6 Å². The second kappa shape index (κ2) is 11.5. The molecular weight excluding hydrogens is 534 g/mol. The van der Waals surface area contributed by atoms with Crippen LogP contribution in [-0.2, 0) is 22.6 Å². The number of benzene rings is 3. The van der Waals surface area contributed by atoms with Crippen LogP contribution in [0.1, 0.15) is 33.0 Å². The molecule has 1 aromatic heterocycles. The van der Waals surface area contributed by atoms with Crippen molar-refractivity contribution in [3.05, 3.63) is 107 Å². The van der Waals surface area contributed by atoms with Crippen molar-refractivity contribution in [2.45, 2.75) is 25.0 Å². The largest absolute Gasteiger partial charge is 0.477 e. The number of hydrogen-bond donors (Lipinski definition) is 2. The van der Waals surface area contributed by atoms with Crippen LogP contribution in [0.15, 0.2) is 85.1 Å². The van der Waals surface area contributed by atoms with Gasteiger partial charge in [0.1, 0.15) is 24.0 Å². The highest BCUT2D eigenvalue weighted by molar-refractivity contribution is 6.04. The van der Waals surface area contributed by atoms with E-state index < -0.39 is 24.0 Å². The molecule has 2 aliphatic rings. The lowest BCUT2D eigenvalue weighted by atomic mass is 9.98. The van der Waals surface area contributed by atoms with Crippen molar-refractivity contribution in [2.75, 3.05) is 31.6 Å². The predicted molar refractivity (Wildman–Crippen MR) is 156 cm³/mol. The molecule has 2 amide bonds. The molecule has 3 aromatic carbocycles. The van der Waals surface area contributed by atoms with Gasteiger partial charge in [0, 0.05) is 25.6 Å². The zero-order valence-electron chi connectivity index (χ0n) is 23.1. The fraction of sp³-hybridized carbons (Fsp3) is 0.250. The van der Waals surface area contributed by atoms with E-state index in [0.29, 0.717) is 13.1 Å². The smallest absolute Gasteiger partial charge is 0.407 e. The molecule has 2 N–H and O–H groups in total. The van der Waals surface area contributed by atoms with Crippen LogP contribution in [0.2, 0.25) is 0 Å². The number of carboxylic acid groups (broad SMARTS) is 1. The van der Waals surface area contributed by atoms with Crippen LogP contribution in [0, 0.1) is 0 Å². The molecule has 214 valence electrons. The number of rotatable bonds is 9. The SMILES string of the molecule is CN(Cc1ccccc1)CC(NC(=O)OCC1c2ccccc2-c2ccccc21)C(=O)N1CCn2ncc(C(=O)O)c21. The molecule has 4 aromatic rings. The molecule has 1 aliphatic heterocycles. The highest BCUT2D eigenvalue weighted by Crippen LogP contribution is 2.44. The second-order valence-electron chi connectivity index (χ2n) is 10.6. The third-order valence-corrected chi connectivity index (χ3v) is 7.82. The number of hydrogen-bond acceptors (Lipinski definition) is 6. The minimum atomic E-state index is -1.17. The van der Waals surface area contributed by atoms with Crippen molar-refractivity contribution in [3.8, 4) is 11.1 Å². The Labute approximate surface area is 243 Å². The van der Waals surface area contributed by atoms with Gasteiger partial charge in [0.25, 0.3) is 5.91 Å². The van der Waals surface area contributed by atoms with Gasteiger partial charge in [-0.3, -0.25) is 14.6 Å². The summed E-state index contributed by atoms with van der Waals surface area (Å²) in [6, 6.07) is 25.0. The summed E-state index contributed by atoms with van der Waals surface area (Å²) in [7, 11) is 1.86. The average molecular weight is 566 g/mol. The number of nitrogens with one attached hydrogen (secondary N) is 1. The molecule has 6 rings (SSSR count). The Hall–Kier alpha value is -4.96. The van der Waals surface area contributed by atoms with Crippen LogP contribution in [0.25, 0.3) is 11.1 Å². The summed E-state index contributed by atoms with van der Waals surface area (Å²) < 4.78 is 7.25. The van der Waals surface area contributed by atoms with Gasteiger partial charge in [0.15, 0.2) is 0 Å². The summed E-state index contributed by atoms with van der Waals surface area (Å²) in [6.45, 7) is 1.47. The highest BCUT2D eigenvalue weighted by atomic mass is 16.5. The van der Waals surface area contributed by atoms with Crippen molar-refractivity contribution in [1.29, 1.82) is 0 Å². The Kier molecular flexibility index (Phi) is 7.45. The number of carbonyl (C=O) groups is 3. The number of amides is 2. The number of likely N-dealkylation sites (N-methyl/N-ethyl adjacent to an activating group) is 1. The Morgan fingerprint density at radius 3 is 2.29 bits per heavy atom. The van der Waals surface area contributed by atoms with Crippen LogP contribution in [0.3, 0.4) is 0 Å². The summed E-state index contributed by atoms with van der Waals surface area (Å²) in [5.41, 5.74) is 5.43. The maximum Gasteiger partial charge on any atom is 0.407 e. The molecule has 0 fully saturated rings. The first-order valence-corrected chi connectivity index (χ1v) is 13.8. The standard InChI is InChI=1S/C32H31N5O5/c1-35(18-21-9-3-2-4-10-21)19-28(30(38)36-15-16-37-29(36)26(17-33-37)31(39)40)34-32(41)42-20-27-24-13-7-5-11-22(24)23-12-6-8-14-25(23)27/h2-14,17,27-28H,15-16,18-20H2,1H3,(H,34,41)(H,39,40). The molecule has 0 saturated carbocycles. The first-order valence-electron chi connectivity index (χ1n) is 13.8. The van der Waals surface area contributed by atoms with E-state index in [2.05, 4.69) is 22.5 Å². The number of carbonyl (C=O) groups excluding carboxylic acids is 2. The molecule has 42 heavy (non-hydrogen) atoms. The molecule has 0 spiro atoms. The maximum atomic E-state index is 13.9. The van der Waals surface area contributed by atoms with E-state index in [1.807, 2.05) is 78.7 Å². The molecule has 1 unspecified atom stereocenters. The van der Waals surface area contributed by atoms with E-state index in [1.165, 1.54) is 15.8 Å². The van der Waals surface area contributed by atoms with Gasteiger partial charge >= 0.3 is 12.1 Å². The first kappa shape index (κ1) is 27.2. The fourth-order valence-corrected chi connectivity index (χ4v) is 5.92. The van der Waals surface area contributed by atoms with Gasteiger partial charge in [-0.2, -0.15) is 5.10 Å². The minimum absolute atomic E-state index is 0.0571. The lowest BCUT2D eigenvalue weighted by molar-refractivity contribution is -0.120. The van der Waals surface area contributed by atoms with E-state index >= 15 is 0 Å². The van der Waals surface area contributed by atoms with E-state index in [1.54, 1.807) is 0 Å². The van der Waals surface area contributed by atoms with Gasteiger partial charge in [-0.1, -0.05) is 78.9 Å². The predicted octanol–water partition coefficient (Wildman–Crippen LogP) is 3.97. The lowest BCUT2D eigenvalue weighted by Crippen LogP contribution is -2.53. The molecule has 0 saturated heterocycles. The zero-order valence-corrected chi connectivity index (χ0v) is 23.1. The number of nitrogens with zero attached hydrogens (tertiary/aromatic N) is 4. The molecule has 0 bridgehead atoms. The van der Waals surface area contributed by atoms with Crippen molar-refractivity contribution < 1.29 is 24.2 Å². The van der Waals surface area contributed by atoms with Gasteiger partial charge in [-0.15, -0.1) is 0 Å². The number of carboxylic acids is 1. The van der Waals surface area contributed by atoms with Crippen molar-refractivity contribution in [1.82, 2.24) is 20.0 Å². The molecule has 0 radical (unpaired) electrons. The number of fused-ring (bicyclic) bond motifs is 4. The first-order chi connectivity index (χ1) is 20.4. The lowest BCUT2D eigenvalue weighted by Gasteiger charge is -2.28. The van der Waals surface area contributed by atoms with Crippen LogP contribution >= 0.6 is 0 Å². The molecule has 1 aliphatic carbocycles. The Bertz CT molecular complexity index is 1590. The monoisotopic (exact) mass is 565 g/mol. The summed E-state index contributed by atoms with van der Waals surface area (Å²) in [5.74, 6) is -1.50. The number of alkyl carbamates (subject to hydrolysis) is 1. The third-order valence-electron chi connectivity index (χ3n) is 7.82. The Morgan fingerprint density at radius 1 is 0.976 bits per heavy atom. The van der Waals surface area contributed by atoms with Crippen molar-refractivity contribution >= 4 is 23.8 Å². The van der Waals surface area contributed by atoms with Crippen molar-refractivity contribution in [2.24, 2.45) is 0 Å². The molecule has 1 atom stereocenters. The van der Waals surface area contributed by atoms with E-state index in [4.69, 9.17) is 4.74 Å². The van der Waals surface area contributed by atoms with Crippen LogP contribution < -0.4 is 10.2 Å². The molecular formula is C32H31N5O5. The summed E-state index contributed by atoms with van der Waals surface area (Å²) in [5, 5.41) is 16.6. The highest BCUT2D eigenvalue weighted by Gasteiger charge is 2.37. The Morgan fingerprint density at radius 2 is 1.62 bits per heavy atom. The minimum Gasteiger partial charge on any atom is -0.477 e. The summed E-state index contributed by atoms with van der Waals surface area (Å²) in [6.07, 6.45) is 0.529. The summed E-state index contributed by atoms with van der Waals surface area (Å²) in [4.78, 5) is 42.3. The van der Waals surface area contributed by atoms with Gasteiger partial charge < -0.3 is 15.2 Å². The quantitative estimate of drug-likeness (QED) is 0.315. The van der Waals surface area contributed by atoms with Crippen molar-refractivity contribution in [3.63, 3.8) is 0 Å². The van der Waals surface area contributed by atoms with E-state index in [0.717, 1.165) is 27.8 Å². The summed E-state index contributed by atoms with van der Waals surface area (Å²) >= 11 is 0. The molecule has 2 heterocycles. The average Bonchev–Trinajstić information content (AvgIpc) is 3.68. The third kappa shape index (κ3) is 5.24. The number of aromatic carboxylic acids is 1. The number of aromatic nitrogens is 2.